The third-order valence-electron chi connectivity index (χ3n) is 7.06. The monoisotopic (exact) mass is 659 g/mol. The average molecular weight is 660 g/mol. The Balaban J connectivity index is 1.65. The van der Waals surface area contributed by atoms with Gasteiger partial charge in [-0.05, 0) is 85.9 Å². The molecule has 0 saturated carbocycles. The molecule has 2 fully saturated rings. The molecule has 188 valence electrons. The molecule has 11 heteroatoms. The van der Waals surface area contributed by atoms with Gasteiger partial charge in [-0.25, -0.2) is 14.2 Å². The Morgan fingerprint density at radius 2 is 2.06 bits per heavy atom. The van der Waals surface area contributed by atoms with Crippen LogP contribution in [0.4, 0.5) is 20.7 Å². The predicted molar refractivity (Wildman–Crippen MR) is 145 cm³/mol. The molecule has 3 aliphatic rings. The van der Waals surface area contributed by atoms with Gasteiger partial charge in [0.25, 0.3) is 0 Å². The van der Waals surface area contributed by atoms with Crippen molar-refractivity contribution in [3.8, 4) is 0 Å². The van der Waals surface area contributed by atoms with Gasteiger partial charge in [0, 0.05) is 46.7 Å². The fourth-order valence-corrected chi connectivity index (χ4v) is 5.97. The first kappa shape index (κ1) is 24.9. The van der Waals surface area contributed by atoms with Crippen LogP contribution < -0.4 is 10.2 Å². The van der Waals surface area contributed by atoms with Crippen LogP contribution in [0.1, 0.15) is 32.8 Å². The molecular formula is C24H28BrFIN5O3. The number of benzene rings is 1. The van der Waals surface area contributed by atoms with Gasteiger partial charge in [-0.2, -0.15) is 0 Å². The van der Waals surface area contributed by atoms with E-state index in [0.29, 0.717) is 43.9 Å². The first-order valence-corrected chi connectivity index (χ1v) is 13.4. The lowest BCUT2D eigenvalue weighted by atomic mass is 9.79. The number of anilines is 2. The molecular weight excluding hydrogens is 632 g/mol. The lowest BCUT2D eigenvalue weighted by Gasteiger charge is -2.44. The third kappa shape index (κ3) is 3.97. The van der Waals surface area contributed by atoms with Crippen LogP contribution in [0.3, 0.4) is 0 Å². The average Bonchev–Trinajstić information content (AvgIpc) is 3.28. The van der Waals surface area contributed by atoms with Crippen molar-refractivity contribution in [2.75, 3.05) is 50.5 Å². The first-order chi connectivity index (χ1) is 16.3. The molecule has 1 unspecified atom stereocenters. The predicted octanol–water partition coefficient (Wildman–Crippen LogP) is 4.32. The van der Waals surface area contributed by atoms with Gasteiger partial charge in [0.15, 0.2) is 11.6 Å². The Hall–Kier alpha value is -1.73. The van der Waals surface area contributed by atoms with E-state index in [0.717, 1.165) is 18.7 Å². The van der Waals surface area contributed by atoms with E-state index >= 15 is 4.39 Å². The van der Waals surface area contributed by atoms with Crippen LogP contribution in [0, 0.1) is 9.39 Å². The van der Waals surface area contributed by atoms with E-state index in [1.54, 1.807) is 4.90 Å². The molecule has 4 heterocycles. The largest absolute Gasteiger partial charge is 0.444 e. The number of aromatic nitrogens is 1. The van der Waals surface area contributed by atoms with Crippen LogP contribution in [-0.2, 0) is 14.9 Å². The van der Waals surface area contributed by atoms with E-state index in [-0.39, 0.29) is 18.0 Å². The zero-order chi connectivity index (χ0) is 25.4. The summed E-state index contributed by atoms with van der Waals surface area (Å²) in [6.07, 6.45) is -0.0210. The topological polar surface area (TPSA) is 78.0 Å². The number of rotatable bonds is 2. The van der Waals surface area contributed by atoms with Crippen LogP contribution in [-0.4, -0.2) is 78.7 Å². The van der Waals surface area contributed by atoms with Crippen molar-refractivity contribution in [1.29, 1.82) is 0 Å². The quantitative estimate of drug-likeness (QED) is 0.382. The fraction of sp³-hybridized carbons (Fsp3) is 0.542. The molecule has 1 atom stereocenters. The van der Waals surface area contributed by atoms with Gasteiger partial charge in [0.05, 0.1) is 15.6 Å². The molecule has 2 amide bonds. The van der Waals surface area contributed by atoms with E-state index in [1.807, 2.05) is 40.9 Å². The van der Waals surface area contributed by atoms with Crippen LogP contribution >= 0.6 is 38.5 Å². The van der Waals surface area contributed by atoms with E-state index in [1.165, 1.54) is 0 Å². The number of likely N-dealkylation sites (N-methyl/N-ethyl adjacent to an activating group) is 1. The highest BCUT2D eigenvalue weighted by Crippen LogP contribution is 2.52. The number of hydrogen-bond donors (Lipinski definition) is 1. The van der Waals surface area contributed by atoms with Gasteiger partial charge in [0.1, 0.15) is 11.1 Å². The smallest absolute Gasteiger partial charge is 0.410 e. The Morgan fingerprint density at radius 3 is 2.69 bits per heavy atom. The number of carbonyl (C=O) groups excluding carboxylic acids is 2. The van der Waals surface area contributed by atoms with Crippen LogP contribution in [0.15, 0.2) is 10.5 Å². The normalized spacial score (nSPS) is 22.3. The molecule has 0 radical (unpaired) electrons. The maximum absolute atomic E-state index is 15.5. The van der Waals surface area contributed by atoms with Crippen molar-refractivity contribution >= 4 is 72.9 Å². The SMILES string of the molecule is CN(C)C1CN(c2nc3c(F)c(Br)c(I)cc3c3c2NC(=O)C32CCN(C(=O)OC(C)(C)C)C2)C1. The Bertz CT molecular complexity index is 1260. The summed E-state index contributed by atoms with van der Waals surface area (Å²) in [6.45, 7) is 7.47. The Morgan fingerprint density at radius 1 is 1.37 bits per heavy atom. The van der Waals surface area contributed by atoms with Crippen molar-refractivity contribution in [3.63, 3.8) is 0 Å². The molecule has 1 aromatic heterocycles. The summed E-state index contributed by atoms with van der Waals surface area (Å²) in [4.78, 5) is 37.0. The summed E-state index contributed by atoms with van der Waals surface area (Å²) >= 11 is 5.43. The number of pyridine rings is 1. The third-order valence-corrected chi connectivity index (χ3v) is 9.43. The van der Waals surface area contributed by atoms with E-state index < -0.39 is 22.9 Å². The molecule has 8 nitrogen and oxygen atoms in total. The minimum Gasteiger partial charge on any atom is -0.444 e. The number of likely N-dealkylation sites (tertiary alicyclic amines) is 1. The minimum absolute atomic E-state index is 0.174. The van der Waals surface area contributed by atoms with Gasteiger partial charge in [0.2, 0.25) is 5.91 Å². The number of carbonyl (C=O) groups is 2. The number of nitrogens with one attached hydrogen (secondary N) is 1. The van der Waals surface area contributed by atoms with Crippen LogP contribution in [0.5, 0.6) is 0 Å². The summed E-state index contributed by atoms with van der Waals surface area (Å²) in [6, 6.07) is 2.23. The number of amides is 2. The number of hydrogen-bond acceptors (Lipinski definition) is 6. The van der Waals surface area contributed by atoms with Crippen LogP contribution in [0.2, 0.25) is 0 Å². The number of halogens is 3. The number of nitrogens with zero attached hydrogens (tertiary/aromatic N) is 4. The first-order valence-electron chi connectivity index (χ1n) is 11.5. The summed E-state index contributed by atoms with van der Waals surface area (Å²) < 4.78 is 22.2. The summed E-state index contributed by atoms with van der Waals surface area (Å²) in [7, 11) is 4.05. The van der Waals surface area contributed by atoms with Gasteiger partial charge < -0.3 is 24.8 Å². The highest BCUT2D eigenvalue weighted by atomic mass is 127. The molecule has 1 aromatic carbocycles. The minimum atomic E-state index is -0.989. The van der Waals surface area contributed by atoms with Gasteiger partial charge in [-0.15, -0.1) is 0 Å². The molecule has 0 aliphatic carbocycles. The summed E-state index contributed by atoms with van der Waals surface area (Å²) in [5, 5.41) is 3.67. The van der Waals surface area contributed by atoms with Crippen LogP contribution in [0.25, 0.3) is 10.9 Å². The van der Waals surface area contributed by atoms with Crippen molar-refractivity contribution in [2.45, 2.75) is 44.2 Å². The second-order valence-electron chi connectivity index (χ2n) is 10.8. The second kappa shape index (κ2) is 8.41. The Labute approximate surface area is 225 Å². The maximum Gasteiger partial charge on any atom is 0.410 e. The van der Waals surface area contributed by atoms with E-state index in [4.69, 9.17) is 9.72 Å². The fourth-order valence-electron chi connectivity index (χ4n) is 5.12. The molecule has 0 bridgehead atoms. The van der Waals surface area contributed by atoms with E-state index in [2.05, 4.69) is 53.6 Å². The number of fused-ring (bicyclic) bond motifs is 4. The zero-order valence-corrected chi connectivity index (χ0v) is 24.1. The molecule has 2 saturated heterocycles. The summed E-state index contributed by atoms with van der Waals surface area (Å²) in [5.74, 6) is -0.0483. The molecule has 1 N–H and O–H groups in total. The molecule has 1 spiro atoms. The lowest BCUT2D eigenvalue weighted by Crippen LogP contribution is -2.57. The lowest BCUT2D eigenvalue weighted by molar-refractivity contribution is -0.120. The highest BCUT2D eigenvalue weighted by molar-refractivity contribution is 14.1. The van der Waals surface area contributed by atoms with E-state index in [9.17, 15) is 9.59 Å². The van der Waals surface area contributed by atoms with Gasteiger partial charge in [-0.1, -0.05) is 0 Å². The number of ether oxygens (including phenoxy) is 1. The van der Waals surface area contributed by atoms with Crippen molar-refractivity contribution < 1.29 is 18.7 Å². The van der Waals surface area contributed by atoms with Crippen molar-refractivity contribution in [3.05, 3.63) is 25.5 Å². The maximum atomic E-state index is 15.5. The van der Waals surface area contributed by atoms with Gasteiger partial charge >= 0.3 is 6.09 Å². The van der Waals surface area contributed by atoms with Gasteiger partial charge in [-0.3, -0.25) is 4.79 Å². The molecule has 35 heavy (non-hydrogen) atoms. The van der Waals surface area contributed by atoms with Crippen molar-refractivity contribution in [2.24, 2.45) is 0 Å². The molecule has 2 aromatic rings. The van der Waals surface area contributed by atoms with Crippen molar-refractivity contribution in [1.82, 2.24) is 14.8 Å². The molecule has 5 rings (SSSR count). The molecule has 3 aliphatic heterocycles. The second-order valence-corrected chi connectivity index (χ2v) is 12.7. The summed E-state index contributed by atoms with van der Waals surface area (Å²) in [5.41, 5.74) is -0.0455. The Kier molecular flexibility index (Phi) is 5.99. The highest BCUT2D eigenvalue weighted by Gasteiger charge is 2.55. The standard InChI is InChI=1S/C24H28BrFIN5O3/c1-23(2,3)35-22(34)31-7-6-24(11-31)15-13-8-14(27)16(25)17(26)18(13)28-20(19(15)29-21(24)33)32-9-12(10-32)30(4)5/h8,12H,6-7,9-11H2,1-5H3,(H,29,33). The zero-order valence-electron chi connectivity index (χ0n) is 20.3.